The van der Waals surface area contributed by atoms with Crippen LogP contribution in [0, 0.1) is 5.41 Å². The lowest BCUT2D eigenvalue weighted by molar-refractivity contribution is -0.158. The Bertz CT molecular complexity index is 1200. The van der Waals surface area contributed by atoms with Crippen molar-refractivity contribution in [2.45, 2.75) is 76.7 Å². The minimum atomic E-state index is -1.60. The Balaban J connectivity index is 1.23. The molecule has 2 aliphatic heterocycles. The molecule has 3 fully saturated rings. The van der Waals surface area contributed by atoms with Gasteiger partial charge in [-0.3, -0.25) is 14.3 Å². The number of hydrogen-bond acceptors (Lipinski definition) is 5. The summed E-state index contributed by atoms with van der Waals surface area (Å²) in [5, 5.41) is 9.60. The van der Waals surface area contributed by atoms with Crippen LogP contribution in [0.5, 0.6) is 0 Å². The molecule has 2 saturated carbocycles. The number of alkyl halides is 1. The SMILES string of the molecule is CC[C@H](C)OC(=O)N1Cc2cc(Cl)ccc2-n2c(nnc2C2CC3(C2)CN(C(=O)C2(F)CC2)C3)C1. The van der Waals surface area contributed by atoms with Crippen LogP contribution < -0.4 is 0 Å². The molecule has 2 aliphatic carbocycles. The lowest BCUT2D eigenvalue weighted by Gasteiger charge is -2.59. The van der Waals surface area contributed by atoms with Gasteiger partial charge in [-0.1, -0.05) is 18.5 Å². The summed E-state index contributed by atoms with van der Waals surface area (Å²) in [6, 6.07) is 5.66. The molecular weight excluding hydrogens is 473 g/mol. The zero-order valence-corrected chi connectivity index (χ0v) is 20.7. The van der Waals surface area contributed by atoms with Crippen molar-refractivity contribution in [2.75, 3.05) is 13.1 Å². The summed E-state index contributed by atoms with van der Waals surface area (Å²) in [6.07, 6.45) is 2.66. The highest BCUT2D eigenvalue weighted by atomic mass is 35.5. The number of ether oxygens (including phenoxy) is 1. The maximum Gasteiger partial charge on any atom is 0.410 e. The van der Waals surface area contributed by atoms with Crippen LogP contribution in [0.25, 0.3) is 5.69 Å². The van der Waals surface area contributed by atoms with Gasteiger partial charge in [0, 0.05) is 29.4 Å². The quantitative estimate of drug-likeness (QED) is 0.621. The Labute approximate surface area is 208 Å². The second-order valence-electron chi connectivity index (χ2n) is 10.8. The summed E-state index contributed by atoms with van der Waals surface area (Å²) in [5.41, 5.74) is 0.285. The van der Waals surface area contributed by atoms with Gasteiger partial charge in [0.15, 0.2) is 11.5 Å². The monoisotopic (exact) mass is 501 g/mol. The number of benzene rings is 1. The highest BCUT2D eigenvalue weighted by Gasteiger charge is 2.60. The van der Waals surface area contributed by atoms with Crippen LogP contribution in [0.4, 0.5) is 9.18 Å². The molecule has 186 valence electrons. The van der Waals surface area contributed by atoms with E-state index in [-0.39, 0.29) is 36.0 Å². The molecular formula is C25H29ClFN5O3. The first kappa shape index (κ1) is 22.8. The third-order valence-electron chi connectivity index (χ3n) is 8.00. The van der Waals surface area contributed by atoms with E-state index in [1.54, 1.807) is 9.80 Å². The van der Waals surface area contributed by atoms with E-state index in [9.17, 15) is 14.0 Å². The molecule has 0 unspecified atom stereocenters. The topological polar surface area (TPSA) is 80.6 Å². The molecule has 8 nitrogen and oxygen atoms in total. The van der Waals surface area contributed by atoms with Gasteiger partial charge >= 0.3 is 6.09 Å². The zero-order chi connectivity index (χ0) is 24.5. The molecule has 35 heavy (non-hydrogen) atoms. The number of nitrogens with zero attached hydrogens (tertiary/aromatic N) is 5. The second-order valence-corrected chi connectivity index (χ2v) is 11.2. The minimum Gasteiger partial charge on any atom is -0.446 e. The molecule has 2 aromatic rings. The molecule has 0 N–H and O–H groups in total. The summed E-state index contributed by atoms with van der Waals surface area (Å²) >= 11 is 6.31. The number of carbonyl (C=O) groups excluding carboxylic acids is 2. The average molecular weight is 502 g/mol. The largest absolute Gasteiger partial charge is 0.446 e. The third kappa shape index (κ3) is 3.79. The highest BCUT2D eigenvalue weighted by Crippen LogP contribution is 2.57. The van der Waals surface area contributed by atoms with Gasteiger partial charge < -0.3 is 9.64 Å². The normalized spacial score (nSPS) is 22.4. The molecule has 4 aliphatic rings. The van der Waals surface area contributed by atoms with Crippen molar-refractivity contribution in [1.29, 1.82) is 0 Å². The Hall–Kier alpha value is -2.68. The van der Waals surface area contributed by atoms with E-state index in [2.05, 4.69) is 14.8 Å². The van der Waals surface area contributed by atoms with E-state index in [0.717, 1.165) is 36.3 Å². The first-order valence-electron chi connectivity index (χ1n) is 12.4. The third-order valence-corrected chi connectivity index (χ3v) is 8.24. The Morgan fingerprint density at radius 3 is 2.63 bits per heavy atom. The Morgan fingerprint density at radius 1 is 1.20 bits per heavy atom. The van der Waals surface area contributed by atoms with Gasteiger partial charge in [0.05, 0.1) is 18.8 Å². The zero-order valence-electron chi connectivity index (χ0n) is 20.0. The summed E-state index contributed by atoms with van der Waals surface area (Å²) in [6.45, 7) is 5.74. The first-order valence-corrected chi connectivity index (χ1v) is 12.7. The van der Waals surface area contributed by atoms with Crippen LogP contribution >= 0.6 is 11.6 Å². The van der Waals surface area contributed by atoms with Crippen molar-refractivity contribution in [3.63, 3.8) is 0 Å². The highest BCUT2D eigenvalue weighted by molar-refractivity contribution is 6.30. The average Bonchev–Trinajstić information content (AvgIpc) is 3.44. The van der Waals surface area contributed by atoms with Crippen molar-refractivity contribution < 1.29 is 18.7 Å². The van der Waals surface area contributed by atoms with Crippen molar-refractivity contribution in [3.8, 4) is 5.69 Å². The van der Waals surface area contributed by atoms with Gasteiger partial charge in [0.2, 0.25) is 0 Å². The van der Waals surface area contributed by atoms with Crippen molar-refractivity contribution in [1.82, 2.24) is 24.6 Å². The van der Waals surface area contributed by atoms with Crippen molar-refractivity contribution in [2.24, 2.45) is 5.41 Å². The number of halogens is 2. The molecule has 1 aromatic heterocycles. The number of amides is 2. The van der Waals surface area contributed by atoms with E-state index >= 15 is 0 Å². The van der Waals surface area contributed by atoms with E-state index < -0.39 is 5.67 Å². The predicted octanol–water partition coefficient (Wildman–Crippen LogP) is 4.38. The Kier molecular flexibility index (Phi) is 5.15. The summed E-state index contributed by atoms with van der Waals surface area (Å²) < 4.78 is 21.8. The minimum absolute atomic E-state index is 0.0532. The number of rotatable bonds is 4. The van der Waals surface area contributed by atoms with Crippen LogP contribution in [-0.4, -0.2) is 61.4 Å². The number of carbonyl (C=O) groups is 2. The van der Waals surface area contributed by atoms with Crippen LogP contribution in [0.3, 0.4) is 0 Å². The van der Waals surface area contributed by atoms with Crippen LogP contribution in [0.15, 0.2) is 18.2 Å². The number of likely N-dealkylation sites (tertiary alicyclic amines) is 1. The molecule has 1 atom stereocenters. The van der Waals surface area contributed by atoms with Crippen LogP contribution in [-0.2, 0) is 22.6 Å². The van der Waals surface area contributed by atoms with Gasteiger partial charge in [-0.05, 0) is 62.8 Å². The molecule has 6 rings (SSSR count). The fourth-order valence-corrected chi connectivity index (χ4v) is 5.88. The summed E-state index contributed by atoms with van der Waals surface area (Å²) in [7, 11) is 0. The maximum absolute atomic E-state index is 14.2. The molecule has 10 heteroatoms. The van der Waals surface area contributed by atoms with Gasteiger partial charge in [-0.15, -0.1) is 10.2 Å². The second kappa shape index (κ2) is 7.91. The summed E-state index contributed by atoms with van der Waals surface area (Å²) in [4.78, 5) is 28.5. The van der Waals surface area contributed by atoms with E-state index in [0.29, 0.717) is 43.3 Å². The smallest absolute Gasteiger partial charge is 0.410 e. The summed E-state index contributed by atoms with van der Waals surface area (Å²) in [5.74, 6) is 1.40. The van der Waals surface area contributed by atoms with E-state index in [4.69, 9.17) is 16.3 Å². The molecule has 1 spiro atoms. The van der Waals surface area contributed by atoms with Crippen LogP contribution in [0.2, 0.25) is 5.02 Å². The maximum atomic E-state index is 14.2. The van der Waals surface area contributed by atoms with Gasteiger partial charge in [-0.25, -0.2) is 9.18 Å². The molecule has 1 saturated heterocycles. The van der Waals surface area contributed by atoms with E-state index in [1.807, 2.05) is 32.0 Å². The molecule has 2 amide bonds. The number of aromatic nitrogens is 3. The van der Waals surface area contributed by atoms with Crippen molar-refractivity contribution >= 4 is 23.6 Å². The molecule has 0 bridgehead atoms. The number of fused-ring (bicyclic) bond motifs is 3. The lowest BCUT2D eigenvalue weighted by Crippen LogP contribution is -2.64. The van der Waals surface area contributed by atoms with Gasteiger partial charge in [0.25, 0.3) is 5.91 Å². The lowest BCUT2D eigenvalue weighted by atomic mass is 9.57. The molecule has 1 aromatic carbocycles. The standard InChI is InChI=1S/C25H29ClFN5O3/c1-3-15(2)35-23(34)30-11-16-8-18(26)4-5-19(16)32-20(12-30)28-29-21(32)17-9-24(10-17)13-31(14-24)22(33)25(27)6-7-25/h4-5,8,15,17H,3,6-7,9-14H2,1-2H3/t15-/m0/s1. The van der Waals surface area contributed by atoms with Gasteiger partial charge in [0.1, 0.15) is 11.9 Å². The molecule has 0 radical (unpaired) electrons. The Morgan fingerprint density at radius 2 is 1.94 bits per heavy atom. The predicted molar refractivity (Wildman–Crippen MR) is 126 cm³/mol. The fourth-order valence-electron chi connectivity index (χ4n) is 5.69. The van der Waals surface area contributed by atoms with E-state index in [1.165, 1.54) is 0 Å². The van der Waals surface area contributed by atoms with Gasteiger partial charge in [-0.2, -0.15) is 0 Å². The van der Waals surface area contributed by atoms with Crippen LogP contribution in [0.1, 0.15) is 69.1 Å². The fraction of sp³-hybridized carbons (Fsp3) is 0.600. The number of hydrogen-bond donors (Lipinski definition) is 0. The molecule has 3 heterocycles. The van der Waals surface area contributed by atoms with Crippen molar-refractivity contribution in [3.05, 3.63) is 40.4 Å². The first-order chi connectivity index (χ1) is 16.7.